The minimum Gasteiger partial charge on any atom is -0.477 e. The van der Waals surface area contributed by atoms with Crippen molar-refractivity contribution in [2.75, 3.05) is 0 Å². The smallest absolute Gasteiger partial charge is 0.354 e. The van der Waals surface area contributed by atoms with Gasteiger partial charge in [0.15, 0.2) is 11.4 Å². The second-order valence-corrected chi connectivity index (χ2v) is 4.54. The Kier molecular flexibility index (Phi) is 3.84. The number of hydrogen-bond donors (Lipinski definition) is 3. The summed E-state index contributed by atoms with van der Waals surface area (Å²) in [6.07, 6.45) is 1.19. The van der Waals surface area contributed by atoms with Crippen molar-refractivity contribution in [2.24, 2.45) is 0 Å². The van der Waals surface area contributed by atoms with E-state index >= 15 is 0 Å². The standard InChI is InChI=1S/C14H15N3O3/c1-8-3-5-10(6-4-8)9(2)17-13(18)11-12(14(19)20)16-7-15-11/h3-7,9H,1-2H3,(H,15,16)(H,17,18)(H,19,20)/t9-/m1/s1. The van der Waals surface area contributed by atoms with Gasteiger partial charge in [-0.25, -0.2) is 9.78 Å². The molecule has 0 spiro atoms. The molecule has 1 amide bonds. The zero-order valence-corrected chi connectivity index (χ0v) is 11.2. The SMILES string of the molecule is Cc1ccc([C@@H](C)NC(=O)c2nc[nH]c2C(=O)O)cc1. The zero-order chi connectivity index (χ0) is 14.7. The first-order chi connectivity index (χ1) is 9.49. The predicted molar refractivity (Wildman–Crippen MR) is 72.6 cm³/mol. The quantitative estimate of drug-likeness (QED) is 0.793. The fourth-order valence-electron chi connectivity index (χ4n) is 1.83. The van der Waals surface area contributed by atoms with Crippen LogP contribution in [0.3, 0.4) is 0 Å². The molecule has 0 radical (unpaired) electrons. The summed E-state index contributed by atoms with van der Waals surface area (Å²) in [6, 6.07) is 7.51. The Morgan fingerprint density at radius 1 is 1.30 bits per heavy atom. The van der Waals surface area contributed by atoms with Gasteiger partial charge in [-0.15, -0.1) is 0 Å². The molecule has 1 aromatic heterocycles. The molecule has 2 rings (SSSR count). The summed E-state index contributed by atoms with van der Waals surface area (Å²) in [5, 5.41) is 11.7. The lowest BCUT2D eigenvalue weighted by Gasteiger charge is -2.14. The largest absolute Gasteiger partial charge is 0.477 e. The average Bonchev–Trinajstić information content (AvgIpc) is 2.88. The number of aromatic nitrogens is 2. The third-order valence-electron chi connectivity index (χ3n) is 2.99. The Morgan fingerprint density at radius 3 is 2.55 bits per heavy atom. The molecule has 3 N–H and O–H groups in total. The van der Waals surface area contributed by atoms with Gasteiger partial charge in [-0.3, -0.25) is 4.79 Å². The fraction of sp³-hybridized carbons (Fsp3) is 0.214. The number of carbonyl (C=O) groups is 2. The number of aromatic carboxylic acids is 1. The molecular formula is C14H15N3O3. The van der Waals surface area contributed by atoms with E-state index in [-0.39, 0.29) is 17.4 Å². The summed E-state index contributed by atoms with van der Waals surface area (Å²) >= 11 is 0. The van der Waals surface area contributed by atoms with E-state index in [0.29, 0.717) is 0 Å². The van der Waals surface area contributed by atoms with Gasteiger partial charge in [0, 0.05) is 0 Å². The number of nitrogens with zero attached hydrogens (tertiary/aromatic N) is 1. The maximum atomic E-state index is 12.0. The highest BCUT2D eigenvalue weighted by molar-refractivity contribution is 6.02. The second-order valence-electron chi connectivity index (χ2n) is 4.54. The van der Waals surface area contributed by atoms with Gasteiger partial charge in [0.2, 0.25) is 0 Å². The molecular weight excluding hydrogens is 258 g/mol. The molecule has 104 valence electrons. The Morgan fingerprint density at radius 2 is 1.95 bits per heavy atom. The number of aromatic amines is 1. The van der Waals surface area contributed by atoms with Gasteiger partial charge in [-0.1, -0.05) is 29.8 Å². The van der Waals surface area contributed by atoms with Gasteiger partial charge in [-0.05, 0) is 19.4 Å². The van der Waals surface area contributed by atoms with Gasteiger partial charge in [0.25, 0.3) is 5.91 Å². The highest BCUT2D eigenvalue weighted by atomic mass is 16.4. The van der Waals surface area contributed by atoms with E-state index in [4.69, 9.17) is 5.11 Å². The highest BCUT2D eigenvalue weighted by Gasteiger charge is 2.21. The van der Waals surface area contributed by atoms with Crippen LogP contribution in [0.25, 0.3) is 0 Å². The van der Waals surface area contributed by atoms with Crippen LogP contribution in [-0.4, -0.2) is 27.0 Å². The van der Waals surface area contributed by atoms with Gasteiger partial charge < -0.3 is 15.4 Å². The van der Waals surface area contributed by atoms with E-state index in [9.17, 15) is 9.59 Å². The maximum absolute atomic E-state index is 12.0. The Hall–Kier alpha value is -2.63. The van der Waals surface area contributed by atoms with Crippen molar-refractivity contribution >= 4 is 11.9 Å². The topological polar surface area (TPSA) is 95.1 Å². The number of carbonyl (C=O) groups excluding carboxylic acids is 1. The van der Waals surface area contributed by atoms with E-state index < -0.39 is 11.9 Å². The van der Waals surface area contributed by atoms with Crippen molar-refractivity contribution < 1.29 is 14.7 Å². The van der Waals surface area contributed by atoms with Gasteiger partial charge in [0.1, 0.15) is 0 Å². The lowest BCUT2D eigenvalue weighted by Crippen LogP contribution is -2.28. The summed E-state index contributed by atoms with van der Waals surface area (Å²) in [4.78, 5) is 29.1. The van der Waals surface area contributed by atoms with Crippen molar-refractivity contribution in [3.05, 3.63) is 53.1 Å². The number of aryl methyl sites for hydroxylation is 1. The van der Waals surface area contributed by atoms with Crippen molar-refractivity contribution in [3.8, 4) is 0 Å². The lowest BCUT2D eigenvalue weighted by atomic mass is 10.1. The molecule has 2 aromatic rings. The molecule has 1 heterocycles. The molecule has 6 nitrogen and oxygen atoms in total. The molecule has 20 heavy (non-hydrogen) atoms. The number of imidazole rings is 1. The van der Waals surface area contributed by atoms with Gasteiger partial charge >= 0.3 is 5.97 Å². The van der Waals surface area contributed by atoms with E-state index in [1.807, 2.05) is 38.1 Å². The number of carboxylic acids is 1. The maximum Gasteiger partial charge on any atom is 0.354 e. The fourth-order valence-corrected chi connectivity index (χ4v) is 1.83. The van der Waals surface area contributed by atoms with Gasteiger partial charge in [-0.2, -0.15) is 0 Å². The van der Waals surface area contributed by atoms with Crippen molar-refractivity contribution in [2.45, 2.75) is 19.9 Å². The molecule has 1 aromatic carbocycles. The third kappa shape index (κ3) is 2.85. The number of amides is 1. The van der Waals surface area contributed by atoms with Crippen molar-refractivity contribution in [3.63, 3.8) is 0 Å². The summed E-state index contributed by atoms with van der Waals surface area (Å²) in [6.45, 7) is 3.81. The Balaban J connectivity index is 2.13. The number of rotatable bonds is 4. The minimum atomic E-state index is -1.21. The number of benzene rings is 1. The van der Waals surface area contributed by atoms with Crippen LogP contribution in [0, 0.1) is 6.92 Å². The summed E-state index contributed by atoms with van der Waals surface area (Å²) in [5.74, 6) is -1.73. The number of H-pyrrole nitrogens is 1. The molecule has 0 saturated carbocycles. The number of carboxylic acid groups (broad SMARTS) is 1. The molecule has 0 aliphatic rings. The highest BCUT2D eigenvalue weighted by Crippen LogP contribution is 2.14. The number of hydrogen-bond acceptors (Lipinski definition) is 3. The Bertz CT molecular complexity index is 631. The third-order valence-corrected chi connectivity index (χ3v) is 2.99. The van der Waals surface area contributed by atoms with E-state index in [1.54, 1.807) is 0 Å². The van der Waals surface area contributed by atoms with Crippen LogP contribution in [0.4, 0.5) is 0 Å². The van der Waals surface area contributed by atoms with Crippen LogP contribution < -0.4 is 5.32 Å². The second kappa shape index (κ2) is 5.56. The first kappa shape index (κ1) is 13.8. The van der Waals surface area contributed by atoms with Crippen LogP contribution in [-0.2, 0) is 0 Å². The van der Waals surface area contributed by atoms with Crippen LogP contribution >= 0.6 is 0 Å². The molecule has 0 aliphatic heterocycles. The van der Waals surface area contributed by atoms with E-state index in [0.717, 1.165) is 11.1 Å². The van der Waals surface area contributed by atoms with Crippen LogP contribution in [0.2, 0.25) is 0 Å². The van der Waals surface area contributed by atoms with Crippen molar-refractivity contribution in [1.82, 2.24) is 15.3 Å². The lowest BCUT2D eigenvalue weighted by molar-refractivity contribution is 0.0684. The van der Waals surface area contributed by atoms with Gasteiger partial charge in [0.05, 0.1) is 12.4 Å². The Labute approximate surface area is 115 Å². The molecule has 0 unspecified atom stereocenters. The first-order valence-electron chi connectivity index (χ1n) is 6.13. The van der Waals surface area contributed by atoms with Crippen LogP contribution in [0.5, 0.6) is 0 Å². The minimum absolute atomic E-state index is 0.114. The van der Waals surface area contributed by atoms with Crippen LogP contribution in [0.15, 0.2) is 30.6 Å². The average molecular weight is 273 g/mol. The molecule has 6 heteroatoms. The summed E-state index contributed by atoms with van der Waals surface area (Å²) < 4.78 is 0. The first-order valence-corrected chi connectivity index (χ1v) is 6.13. The number of nitrogens with one attached hydrogen (secondary N) is 2. The van der Waals surface area contributed by atoms with Crippen LogP contribution in [0.1, 0.15) is 45.1 Å². The normalized spacial score (nSPS) is 11.9. The molecule has 0 aliphatic carbocycles. The van der Waals surface area contributed by atoms with Crippen molar-refractivity contribution in [1.29, 1.82) is 0 Å². The zero-order valence-electron chi connectivity index (χ0n) is 11.2. The molecule has 0 bridgehead atoms. The molecule has 1 atom stereocenters. The summed E-state index contributed by atoms with van der Waals surface area (Å²) in [5.41, 5.74) is 1.75. The molecule has 0 saturated heterocycles. The molecule has 0 fully saturated rings. The predicted octanol–water partition coefficient (Wildman–Crippen LogP) is 1.91. The van der Waals surface area contributed by atoms with E-state index in [1.165, 1.54) is 6.33 Å². The monoisotopic (exact) mass is 273 g/mol. The van der Waals surface area contributed by atoms with E-state index in [2.05, 4.69) is 15.3 Å². The summed E-state index contributed by atoms with van der Waals surface area (Å²) in [7, 11) is 0.